The molecule has 1 atom stereocenters. The molecular formula is C13H17NO3S. The summed E-state index contributed by atoms with van der Waals surface area (Å²) in [4.78, 5) is 23.0. The monoisotopic (exact) mass is 267 g/mol. The van der Waals surface area contributed by atoms with Crippen LogP contribution in [0.3, 0.4) is 0 Å². The van der Waals surface area contributed by atoms with Crippen molar-refractivity contribution in [1.82, 2.24) is 5.32 Å². The summed E-state index contributed by atoms with van der Waals surface area (Å²) in [6.45, 7) is 6.01. The SMILES string of the molecule is CC(C)C(C)NC(=O)c1sccc1C=CC(=O)O. The maximum atomic E-state index is 12.0. The summed E-state index contributed by atoms with van der Waals surface area (Å²) in [5, 5.41) is 13.3. The van der Waals surface area contributed by atoms with Crippen LogP contribution < -0.4 is 5.32 Å². The summed E-state index contributed by atoms with van der Waals surface area (Å²) in [6, 6.07) is 1.81. The Balaban J connectivity index is 2.81. The summed E-state index contributed by atoms with van der Waals surface area (Å²) in [6.07, 6.45) is 2.47. The van der Waals surface area contributed by atoms with Crippen molar-refractivity contribution in [2.75, 3.05) is 0 Å². The van der Waals surface area contributed by atoms with Gasteiger partial charge in [-0.15, -0.1) is 11.3 Å². The van der Waals surface area contributed by atoms with Gasteiger partial charge >= 0.3 is 5.97 Å². The third-order valence-corrected chi connectivity index (χ3v) is 3.60. The standard InChI is InChI=1S/C13H17NO3S/c1-8(2)9(3)14-13(17)12-10(6-7-18-12)4-5-11(15)16/h4-9H,1-3H3,(H,14,17)(H,15,16). The molecule has 5 heteroatoms. The van der Waals surface area contributed by atoms with Crippen LogP contribution in [0.1, 0.15) is 36.0 Å². The minimum atomic E-state index is -1.02. The molecule has 0 bridgehead atoms. The number of nitrogens with one attached hydrogen (secondary N) is 1. The minimum absolute atomic E-state index is 0.0795. The van der Waals surface area contributed by atoms with E-state index in [-0.39, 0.29) is 11.9 Å². The molecule has 1 rings (SSSR count). The Morgan fingerprint density at radius 3 is 2.61 bits per heavy atom. The maximum Gasteiger partial charge on any atom is 0.328 e. The first-order valence-electron chi connectivity index (χ1n) is 5.71. The van der Waals surface area contributed by atoms with Crippen LogP contribution in [0.15, 0.2) is 17.5 Å². The highest BCUT2D eigenvalue weighted by Crippen LogP contribution is 2.18. The fraction of sp³-hybridized carbons (Fsp3) is 0.385. The van der Waals surface area contributed by atoms with Gasteiger partial charge in [0.05, 0.1) is 4.88 Å². The van der Waals surface area contributed by atoms with Gasteiger partial charge in [-0.1, -0.05) is 13.8 Å². The average molecular weight is 267 g/mol. The van der Waals surface area contributed by atoms with Gasteiger partial charge in [0.1, 0.15) is 0 Å². The van der Waals surface area contributed by atoms with E-state index in [1.54, 1.807) is 11.4 Å². The second kappa shape index (κ2) is 6.35. The molecule has 0 saturated heterocycles. The molecule has 2 N–H and O–H groups in total. The topological polar surface area (TPSA) is 66.4 Å². The lowest BCUT2D eigenvalue weighted by molar-refractivity contribution is -0.131. The van der Waals surface area contributed by atoms with Gasteiger partial charge in [0.2, 0.25) is 0 Å². The number of thiophene rings is 1. The zero-order valence-corrected chi connectivity index (χ0v) is 11.5. The number of carboxylic acids is 1. The number of hydrogen-bond donors (Lipinski definition) is 2. The van der Waals surface area contributed by atoms with Crippen molar-refractivity contribution in [2.45, 2.75) is 26.8 Å². The van der Waals surface area contributed by atoms with Gasteiger partial charge < -0.3 is 10.4 Å². The van der Waals surface area contributed by atoms with E-state index in [9.17, 15) is 9.59 Å². The molecule has 1 heterocycles. The molecule has 0 aliphatic rings. The van der Waals surface area contributed by atoms with Crippen molar-refractivity contribution in [3.8, 4) is 0 Å². The Labute approximate surface area is 110 Å². The molecule has 1 aromatic heterocycles. The van der Waals surface area contributed by atoms with E-state index in [1.807, 2.05) is 20.8 Å². The van der Waals surface area contributed by atoms with Crippen LogP contribution in [0, 0.1) is 5.92 Å². The van der Waals surface area contributed by atoms with Crippen molar-refractivity contribution < 1.29 is 14.7 Å². The third-order valence-electron chi connectivity index (χ3n) is 2.67. The fourth-order valence-electron chi connectivity index (χ4n) is 1.24. The zero-order valence-electron chi connectivity index (χ0n) is 10.6. The van der Waals surface area contributed by atoms with Crippen LogP contribution in [0.5, 0.6) is 0 Å². The van der Waals surface area contributed by atoms with E-state index in [0.29, 0.717) is 16.4 Å². The van der Waals surface area contributed by atoms with Crippen molar-refractivity contribution in [3.05, 3.63) is 28.0 Å². The predicted molar refractivity (Wildman–Crippen MR) is 72.8 cm³/mol. The van der Waals surface area contributed by atoms with Crippen LogP contribution >= 0.6 is 11.3 Å². The van der Waals surface area contributed by atoms with Gasteiger partial charge in [-0.05, 0) is 35.9 Å². The van der Waals surface area contributed by atoms with Gasteiger partial charge in [-0.3, -0.25) is 4.79 Å². The third kappa shape index (κ3) is 4.00. The highest BCUT2D eigenvalue weighted by molar-refractivity contribution is 7.12. The Kier molecular flexibility index (Phi) is 5.09. The molecule has 1 aromatic rings. The van der Waals surface area contributed by atoms with Gasteiger partial charge in [0.15, 0.2) is 0 Å². The molecule has 1 unspecified atom stereocenters. The van der Waals surface area contributed by atoms with E-state index in [2.05, 4.69) is 5.32 Å². The Morgan fingerprint density at radius 1 is 1.39 bits per heavy atom. The van der Waals surface area contributed by atoms with Crippen molar-refractivity contribution in [1.29, 1.82) is 0 Å². The summed E-state index contributed by atoms with van der Waals surface area (Å²) in [7, 11) is 0. The number of amides is 1. The molecule has 0 saturated carbocycles. The van der Waals surface area contributed by atoms with Crippen LogP contribution in [-0.2, 0) is 4.79 Å². The van der Waals surface area contributed by atoms with Crippen molar-refractivity contribution in [3.63, 3.8) is 0 Å². The van der Waals surface area contributed by atoms with Crippen LogP contribution in [-0.4, -0.2) is 23.0 Å². The van der Waals surface area contributed by atoms with E-state index >= 15 is 0 Å². The number of carboxylic acid groups (broad SMARTS) is 1. The van der Waals surface area contributed by atoms with E-state index < -0.39 is 5.97 Å². The van der Waals surface area contributed by atoms with E-state index in [0.717, 1.165) is 6.08 Å². The number of hydrogen-bond acceptors (Lipinski definition) is 3. The lowest BCUT2D eigenvalue weighted by atomic mass is 10.1. The average Bonchev–Trinajstić information content (AvgIpc) is 2.74. The van der Waals surface area contributed by atoms with Gasteiger partial charge in [0, 0.05) is 12.1 Å². The highest BCUT2D eigenvalue weighted by Gasteiger charge is 2.15. The Morgan fingerprint density at radius 2 is 2.06 bits per heavy atom. The second-order valence-corrected chi connectivity index (χ2v) is 5.30. The maximum absolute atomic E-state index is 12.0. The molecule has 0 spiro atoms. The lowest BCUT2D eigenvalue weighted by Gasteiger charge is -2.17. The summed E-state index contributed by atoms with van der Waals surface area (Å²) >= 11 is 1.31. The van der Waals surface area contributed by atoms with E-state index in [1.165, 1.54) is 17.4 Å². The first kappa shape index (κ1) is 14.4. The predicted octanol–water partition coefficient (Wildman–Crippen LogP) is 2.62. The van der Waals surface area contributed by atoms with Crippen LogP contribution in [0.25, 0.3) is 6.08 Å². The number of aliphatic carboxylic acids is 1. The molecule has 1 amide bonds. The lowest BCUT2D eigenvalue weighted by Crippen LogP contribution is -2.35. The number of carbonyl (C=O) groups excluding carboxylic acids is 1. The van der Waals surface area contributed by atoms with Crippen molar-refractivity contribution >= 4 is 29.3 Å². The smallest absolute Gasteiger partial charge is 0.328 e. The molecule has 0 fully saturated rings. The molecule has 0 aliphatic carbocycles. The van der Waals surface area contributed by atoms with Gasteiger partial charge in [0.25, 0.3) is 5.91 Å². The quantitative estimate of drug-likeness (QED) is 0.806. The summed E-state index contributed by atoms with van der Waals surface area (Å²) in [5.74, 6) is -0.828. The summed E-state index contributed by atoms with van der Waals surface area (Å²) in [5.41, 5.74) is 0.635. The Bertz CT molecular complexity index is 463. The first-order chi connectivity index (χ1) is 8.41. The molecule has 0 radical (unpaired) electrons. The van der Waals surface area contributed by atoms with Crippen LogP contribution in [0.2, 0.25) is 0 Å². The molecule has 0 aromatic carbocycles. The first-order valence-corrected chi connectivity index (χ1v) is 6.59. The second-order valence-electron chi connectivity index (χ2n) is 4.38. The molecule has 18 heavy (non-hydrogen) atoms. The minimum Gasteiger partial charge on any atom is -0.478 e. The summed E-state index contributed by atoms with van der Waals surface area (Å²) < 4.78 is 0. The van der Waals surface area contributed by atoms with Crippen molar-refractivity contribution in [2.24, 2.45) is 5.92 Å². The molecule has 98 valence electrons. The largest absolute Gasteiger partial charge is 0.478 e. The number of carbonyl (C=O) groups is 2. The Hall–Kier alpha value is -1.62. The zero-order chi connectivity index (χ0) is 13.7. The van der Waals surface area contributed by atoms with E-state index in [4.69, 9.17) is 5.11 Å². The molecule has 0 aliphatic heterocycles. The normalized spacial score (nSPS) is 12.9. The number of rotatable bonds is 5. The molecular weight excluding hydrogens is 250 g/mol. The van der Waals surface area contributed by atoms with Gasteiger partial charge in [-0.2, -0.15) is 0 Å². The fourth-order valence-corrected chi connectivity index (χ4v) is 2.02. The van der Waals surface area contributed by atoms with Gasteiger partial charge in [-0.25, -0.2) is 4.79 Å². The van der Waals surface area contributed by atoms with Crippen LogP contribution in [0.4, 0.5) is 0 Å². The molecule has 4 nitrogen and oxygen atoms in total. The highest BCUT2D eigenvalue weighted by atomic mass is 32.1.